The first-order valence-electron chi connectivity index (χ1n) is 8.15. The molecule has 3 fully saturated rings. The van der Waals surface area contributed by atoms with Gasteiger partial charge < -0.3 is 9.53 Å². The van der Waals surface area contributed by atoms with Crippen LogP contribution < -0.4 is 0 Å². The Balaban J connectivity index is 1.62. The summed E-state index contributed by atoms with van der Waals surface area (Å²) in [7, 11) is 0. The molecule has 0 amide bonds. The molecule has 1 aliphatic carbocycles. The molecule has 108 valence electrons. The minimum atomic E-state index is 0.190. The molecule has 0 aromatic carbocycles. The van der Waals surface area contributed by atoms with Crippen molar-refractivity contribution in [2.24, 2.45) is 5.92 Å². The molecule has 2 heterocycles. The maximum Gasteiger partial charge on any atom is 0.124 e. The summed E-state index contributed by atoms with van der Waals surface area (Å²) in [6.07, 6.45) is 12.4. The molecule has 3 heteroatoms. The van der Waals surface area contributed by atoms with Crippen molar-refractivity contribution in [3.63, 3.8) is 0 Å². The third kappa shape index (κ3) is 3.03. The van der Waals surface area contributed by atoms with Crippen molar-refractivity contribution in [1.29, 1.82) is 0 Å². The van der Waals surface area contributed by atoms with E-state index in [9.17, 15) is 4.79 Å². The Morgan fingerprint density at radius 1 is 1.11 bits per heavy atom. The van der Waals surface area contributed by atoms with Crippen molar-refractivity contribution in [2.45, 2.75) is 69.4 Å². The summed E-state index contributed by atoms with van der Waals surface area (Å²) in [4.78, 5) is 13.6. The Morgan fingerprint density at radius 3 is 2.74 bits per heavy atom. The van der Waals surface area contributed by atoms with Crippen LogP contribution >= 0.6 is 0 Å². The normalized spacial score (nSPS) is 36.2. The number of hydrogen-bond donors (Lipinski definition) is 0. The number of aldehydes is 1. The lowest BCUT2D eigenvalue weighted by Crippen LogP contribution is -2.52. The molecule has 1 spiro atoms. The zero-order chi connectivity index (χ0) is 13.1. The maximum atomic E-state index is 11.0. The zero-order valence-corrected chi connectivity index (χ0v) is 12.0. The van der Waals surface area contributed by atoms with Gasteiger partial charge in [0, 0.05) is 25.1 Å². The monoisotopic (exact) mass is 265 g/mol. The predicted molar refractivity (Wildman–Crippen MR) is 75.2 cm³/mol. The molecular weight excluding hydrogens is 238 g/mol. The molecule has 0 N–H and O–H groups in total. The van der Waals surface area contributed by atoms with Gasteiger partial charge in [-0.2, -0.15) is 0 Å². The standard InChI is InChI=1S/C16H27NO2/c18-13-14-5-4-9-17(12-14)15-6-10-19-16(11-15)7-2-1-3-8-16/h13-15H,1-12H2. The fourth-order valence-electron chi connectivity index (χ4n) is 4.34. The Hall–Kier alpha value is -0.410. The summed E-state index contributed by atoms with van der Waals surface area (Å²) in [5.74, 6) is 0.277. The van der Waals surface area contributed by atoms with Gasteiger partial charge in [-0.25, -0.2) is 0 Å². The lowest BCUT2D eigenvalue weighted by Gasteiger charge is -2.48. The van der Waals surface area contributed by atoms with Crippen molar-refractivity contribution < 1.29 is 9.53 Å². The highest BCUT2D eigenvalue weighted by Gasteiger charge is 2.40. The van der Waals surface area contributed by atoms with Crippen molar-refractivity contribution in [2.75, 3.05) is 19.7 Å². The van der Waals surface area contributed by atoms with Crippen LogP contribution in [0.4, 0.5) is 0 Å². The van der Waals surface area contributed by atoms with E-state index in [2.05, 4.69) is 4.90 Å². The van der Waals surface area contributed by atoms with E-state index in [1.165, 1.54) is 57.8 Å². The van der Waals surface area contributed by atoms with Crippen LogP contribution in [0.2, 0.25) is 0 Å². The second kappa shape index (κ2) is 5.92. The maximum absolute atomic E-state index is 11.0. The number of carbonyl (C=O) groups is 1. The molecule has 19 heavy (non-hydrogen) atoms. The topological polar surface area (TPSA) is 29.5 Å². The van der Waals surface area contributed by atoms with E-state index in [1.54, 1.807) is 0 Å². The first-order valence-corrected chi connectivity index (χ1v) is 8.15. The first-order chi connectivity index (χ1) is 9.31. The van der Waals surface area contributed by atoms with Crippen molar-refractivity contribution >= 4 is 6.29 Å². The number of carbonyl (C=O) groups excluding carboxylic acids is 1. The molecular formula is C16H27NO2. The molecule has 0 radical (unpaired) electrons. The second-order valence-electron chi connectivity index (χ2n) is 6.77. The highest BCUT2D eigenvalue weighted by Crippen LogP contribution is 2.40. The summed E-state index contributed by atoms with van der Waals surface area (Å²) in [6.45, 7) is 3.10. The summed E-state index contributed by atoms with van der Waals surface area (Å²) < 4.78 is 6.18. The van der Waals surface area contributed by atoms with E-state index in [1.807, 2.05) is 0 Å². The van der Waals surface area contributed by atoms with Crippen LogP contribution in [0, 0.1) is 5.92 Å². The number of ether oxygens (including phenoxy) is 1. The van der Waals surface area contributed by atoms with Gasteiger partial charge in [0.2, 0.25) is 0 Å². The molecule has 0 aromatic heterocycles. The van der Waals surface area contributed by atoms with Crippen molar-refractivity contribution in [3.8, 4) is 0 Å². The summed E-state index contributed by atoms with van der Waals surface area (Å²) in [5.41, 5.74) is 0.190. The largest absolute Gasteiger partial charge is 0.375 e. The predicted octanol–water partition coefficient (Wildman–Crippen LogP) is 2.78. The Labute approximate surface area is 116 Å². The second-order valence-corrected chi connectivity index (χ2v) is 6.77. The molecule has 3 rings (SSSR count). The average Bonchev–Trinajstić information content (AvgIpc) is 2.48. The van der Waals surface area contributed by atoms with Gasteiger partial charge in [0.15, 0.2) is 0 Å². The van der Waals surface area contributed by atoms with Gasteiger partial charge in [-0.15, -0.1) is 0 Å². The fraction of sp³-hybridized carbons (Fsp3) is 0.938. The molecule has 0 bridgehead atoms. The minimum absolute atomic E-state index is 0.190. The van der Waals surface area contributed by atoms with Crippen LogP contribution in [-0.4, -0.2) is 42.5 Å². The van der Waals surface area contributed by atoms with Crippen LogP contribution in [0.15, 0.2) is 0 Å². The van der Waals surface area contributed by atoms with Gasteiger partial charge in [0.25, 0.3) is 0 Å². The van der Waals surface area contributed by atoms with E-state index in [0.29, 0.717) is 6.04 Å². The summed E-state index contributed by atoms with van der Waals surface area (Å²) in [5, 5.41) is 0. The molecule has 2 atom stereocenters. The van der Waals surface area contributed by atoms with Crippen LogP contribution in [0.1, 0.15) is 57.8 Å². The van der Waals surface area contributed by atoms with E-state index in [4.69, 9.17) is 4.74 Å². The Morgan fingerprint density at radius 2 is 1.95 bits per heavy atom. The lowest BCUT2D eigenvalue weighted by molar-refractivity contribution is -0.129. The molecule has 3 nitrogen and oxygen atoms in total. The van der Waals surface area contributed by atoms with Gasteiger partial charge in [0.1, 0.15) is 6.29 Å². The molecule has 2 unspecified atom stereocenters. The molecule has 2 saturated heterocycles. The Bertz CT molecular complexity index is 306. The third-order valence-corrected chi connectivity index (χ3v) is 5.43. The first kappa shape index (κ1) is 13.6. The van der Waals surface area contributed by atoms with Gasteiger partial charge in [0.05, 0.1) is 5.60 Å². The number of rotatable bonds is 2. The molecule has 3 aliphatic rings. The minimum Gasteiger partial charge on any atom is -0.375 e. The quantitative estimate of drug-likeness (QED) is 0.719. The number of nitrogens with zero attached hydrogens (tertiary/aromatic N) is 1. The average molecular weight is 265 g/mol. The number of hydrogen-bond acceptors (Lipinski definition) is 3. The molecule has 0 aromatic rings. The highest BCUT2D eigenvalue weighted by atomic mass is 16.5. The van der Waals surface area contributed by atoms with Crippen LogP contribution in [0.5, 0.6) is 0 Å². The van der Waals surface area contributed by atoms with Gasteiger partial charge >= 0.3 is 0 Å². The summed E-state index contributed by atoms with van der Waals surface area (Å²) >= 11 is 0. The molecule has 2 aliphatic heterocycles. The highest BCUT2D eigenvalue weighted by molar-refractivity contribution is 5.53. The third-order valence-electron chi connectivity index (χ3n) is 5.43. The summed E-state index contributed by atoms with van der Waals surface area (Å²) in [6, 6.07) is 0.662. The van der Waals surface area contributed by atoms with Gasteiger partial charge in [-0.05, 0) is 45.1 Å². The van der Waals surface area contributed by atoms with E-state index < -0.39 is 0 Å². The van der Waals surface area contributed by atoms with E-state index >= 15 is 0 Å². The van der Waals surface area contributed by atoms with Crippen LogP contribution in [0.3, 0.4) is 0 Å². The fourth-order valence-corrected chi connectivity index (χ4v) is 4.34. The van der Waals surface area contributed by atoms with E-state index in [-0.39, 0.29) is 11.5 Å². The van der Waals surface area contributed by atoms with Gasteiger partial charge in [-0.1, -0.05) is 19.3 Å². The number of piperidine rings is 1. The van der Waals surface area contributed by atoms with Crippen molar-refractivity contribution in [3.05, 3.63) is 0 Å². The van der Waals surface area contributed by atoms with Gasteiger partial charge in [-0.3, -0.25) is 4.90 Å². The van der Waals surface area contributed by atoms with Crippen LogP contribution in [-0.2, 0) is 9.53 Å². The Kier molecular flexibility index (Phi) is 4.23. The van der Waals surface area contributed by atoms with Crippen LogP contribution in [0.25, 0.3) is 0 Å². The zero-order valence-electron chi connectivity index (χ0n) is 12.0. The van der Waals surface area contributed by atoms with Crippen molar-refractivity contribution in [1.82, 2.24) is 4.90 Å². The number of likely N-dealkylation sites (tertiary alicyclic amines) is 1. The van der Waals surface area contributed by atoms with E-state index in [0.717, 1.165) is 26.0 Å². The SMILES string of the molecule is O=CC1CCCN(C2CCOC3(CCCCC3)C2)C1. The molecule has 1 saturated carbocycles. The smallest absolute Gasteiger partial charge is 0.124 e. The lowest BCUT2D eigenvalue weighted by atomic mass is 9.77.